The average molecular weight is 336 g/mol. The Hall–Kier alpha value is -1.08. The number of hydrogen-bond donors (Lipinski definition) is 0. The van der Waals surface area contributed by atoms with Gasteiger partial charge < -0.3 is 20.0 Å². The Morgan fingerprint density at radius 2 is 1.09 bits per heavy atom. The number of thiophene rings is 2. The third kappa shape index (κ3) is 2.54. The molecule has 0 N–H and O–H groups in total. The summed E-state index contributed by atoms with van der Waals surface area (Å²) >= 11 is 3.12. The number of nitrogens with zero attached hydrogens (tertiary/aromatic N) is 2. The quantitative estimate of drug-likeness (QED) is 0.844. The fourth-order valence-electron chi connectivity index (χ4n) is 2.85. The zero-order chi connectivity index (χ0) is 16.0. The Morgan fingerprint density at radius 3 is 1.36 bits per heavy atom. The number of anilines is 2. The largest absolute Gasteiger partial charge is 0.851 e. The zero-order valence-corrected chi connectivity index (χ0v) is 14.8. The summed E-state index contributed by atoms with van der Waals surface area (Å²) in [5.41, 5.74) is 0. The summed E-state index contributed by atoms with van der Waals surface area (Å²) < 4.78 is 0. The van der Waals surface area contributed by atoms with Gasteiger partial charge in [0.25, 0.3) is 0 Å². The maximum absolute atomic E-state index is 12.6. The molecular weight excluding hydrogens is 316 g/mol. The van der Waals surface area contributed by atoms with Crippen molar-refractivity contribution in [2.75, 3.05) is 38.0 Å². The molecule has 2 heterocycles. The van der Waals surface area contributed by atoms with Crippen molar-refractivity contribution in [1.82, 2.24) is 0 Å². The van der Waals surface area contributed by atoms with Crippen LogP contribution in [0.5, 0.6) is 0 Å². The van der Waals surface area contributed by atoms with Crippen molar-refractivity contribution in [3.63, 3.8) is 0 Å². The van der Waals surface area contributed by atoms with Crippen LogP contribution in [0.3, 0.4) is 0 Å². The van der Waals surface area contributed by atoms with E-state index in [2.05, 4.69) is 0 Å². The minimum Gasteiger partial charge on any atom is -0.851 e. The Bertz CT molecular complexity index is 586. The first-order chi connectivity index (χ1) is 10.4. The third-order valence-electron chi connectivity index (χ3n) is 4.18. The van der Waals surface area contributed by atoms with Crippen LogP contribution in [-0.2, 0) is 0 Å². The fourth-order valence-corrected chi connectivity index (χ4v) is 5.05. The van der Waals surface area contributed by atoms with Gasteiger partial charge in [-0.25, -0.2) is 0 Å². The Kier molecular flexibility index (Phi) is 4.20. The minimum absolute atomic E-state index is 0.395. The summed E-state index contributed by atoms with van der Waals surface area (Å²) in [6.45, 7) is 0. The molecule has 3 rings (SSSR count). The van der Waals surface area contributed by atoms with Crippen LogP contribution in [0.25, 0.3) is 0 Å². The van der Waals surface area contributed by atoms with Crippen molar-refractivity contribution < 1.29 is 10.2 Å². The second-order valence-corrected chi connectivity index (χ2v) is 8.31. The van der Waals surface area contributed by atoms with Crippen molar-refractivity contribution in [2.24, 2.45) is 0 Å². The van der Waals surface area contributed by atoms with Gasteiger partial charge in [-0.3, -0.25) is 0 Å². The SMILES string of the molecule is CN(C)c1ccc(C2C([O-])C(c3ccc(N(C)C)s3)C2[O-])s1. The van der Waals surface area contributed by atoms with Crippen LogP contribution in [0.15, 0.2) is 24.3 Å². The van der Waals surface area contributed by atoms with Crippen molar-refractivity contribution in [2.45, 2.75) is 24.0 Å². The van der Waals surface area contributed by atoms with Gasteiger partial charge in [0.05, 0.1) is 10.0 Å². The monoisotopic (exact) mass is 336 g/mol. The summed E-state index contributed by atoms with van der Waals surface area (Å²) in [5, 5.41) is 27.4. The molecule has 1 aliphatic rings. The molecule has 0 aromatic carbocycles. The predicted octanol–water partition coefficient (Wildman–Crippen LogP) is 1.28. The first kappa shape index (κ1) is 15.8. The van der Waals surface area contributed by atoms with Crippen LogP contribution < -0.4 is 20.0 Å². The van der Waals surface area contributed by atoms with Gasteiger partial charge in [0.2, 0.25) is 0 Å². The molecule has 6 heteroatoms. The number of hydrogen-bond acceptors (Lipinski definition) is 6. The van der Waals surface area contributed by atoms with Crippen LogP contribution in [0.4, 0.5) is 10.0 Å². The van der Waals surface area contributed by atoms with E-state index >= 15 is 0 Å². The van der Waals surface area contributed by atoms with E-state index < -0.39 is 24.0 Å². The summed E-state index contributed by atoms with van der Waals surface area (Å²) in [5.74, 6) is -0.790. The highest BCUT2D eigenvalue weighted by atomic mass is 32.1. The minimum atomic E-state index is -0.829. The molecule has 4 nitrogen and oxygen atoms in total. The molecule has 0 unspecified atom stereocenters. The summed E-state index contributed by atoms with van der Waals surface area (Å²) in [7, 11) is 7.88. The maximum atomic E-state index is 12.6. The lowest BCUT2D eigenvalue weighted by Crippen LogP contribution is -2.63. The van der Waals surface area contributed by atoms with Crippen molar-refractivity contribution in [1.29, 1.82) is 0 Å². The molecule has 0 saturated heterocycles. The average Bonchev–Trinajstić information content (AvgIpc) is 3.08. The van der Waals surface area contributed by atoms with E-state index in [4.69, 9.17) is 0 Å². The molecule has 0 bridgehead atoms. The van der Waals surface area contributed by atoms with Gasteiger partial charge in [-0.1, -0.05) is 0 Å². The van der Waals surface area contributed by atoms with E-state index in [1.54, 1.807) is 22.7 Å². The van der Waals surface area contributed by atoms with Gasteiger partial charge >= 0.3 is 0 Å². The van der Waals surface area contributed by atoms with Gasteiger partial charge in [0, 0.05) is 37.9 Å². The summed E-state index contributed by atoms with van der Waals surface area (Å²) in [4.78, 5) is 5.88. The third-order valence-corrected chi connectivity index (χ3v) is 6.89. The van der Waals surface area contributed by atoms with Crippen LogP contribution in [-0.4, -0.2) is 40.4 Å². The van der Waals surface area contributed by atoms with Crippen LogP contribution >= 0.6 is 22.7 Å². The van der Waals surface area contributed by atoms with Crippen molar-refractivity contribution in [3.8, 4) is 0 Å². The molecule has 0 radical (unpaired) electrons. The molecule has 1 saturated carbocycles. The van der Waals surface area contributed by atoms with Crippen LogP contribution in [0, 0.1) is 0 Å². The lowest BCUT2D eigenvalue weighted by Gasteiger charge is -2.60. The van der Waals surface area contributed by atoms with E-state index in [1.807, 2.05) is 62.3 Å². The van der Waals surface area contributed by atoms with E-state index in [0.717, 1.165) is 19.8 Å². The van der Waals surface area contributed by atoms with E-state index in [9.17, 15) is 10.2 Å². The van der Waals surface area contributed by atoms with E-state index in [-0.39, 0.29) is 0 Å². The second-order valence-electron chi connectivity index (χ2n) is 6.12. The maximum Gasteiger partial charge on any atom is 0.0906 e. The summed E-state index contributed by atoms with van der Waals surface area (Å²) in [6, 6.07) is 7.86. The molecular formula is C16H20N2O2S2-2. The van der Waals surface area contributed by atoms with Gasteiger partial charge in [-0.05, 0) is 36.1 Å². The standard InChI is InChI=1S/C16H20N2O2S2/c1-17(2)11-7-5-9(21-11)13-15(19)14(16(13)20)10-6-8-12(22-10)18(3)4/h5-8,13-16H,1-4H3/q-2. The highest BCUT2D eigenvalue weighted by molar-refractivity contribution is 7.16. The molecule has 2 aromatic rings. The first-order valence-corrected chi connectivity index (χ1v) is 8.89. The molecule has 1 aliphatic carbocycles. The topological polar surface area (TPSA) is 52.6 Å². The van der Waals surface area contributed by atoms with Gasteiger partial charge in [-0.2, -0.15) is 0 Å². The van der Waals surface area contributed by atoms with Crippen molar-refractivity contribution in [3.05, 3.63) is 34.0 Å². The smallest absolute Gasteiger partial charge is 0.0906 e. The molecule has 120 valence electrons. The Morgan fingerprint density at radius 1 is 0.727 bits per heavy atom. The molecule has 22 heavy (non-hydrogen) atoms. The molecule has 1 fully saturated rings. The Balaban J connectivity index is 1.78. The Labute approximate surface area is 139 Å². The summed E-state index contributed by atoms with van der Waals surface area (Å²) in [6.07, 6.45) is -1.66. The van der Waals surface area contributed by atoms with Crippen molar-refractivity contribution >= 4 is 32.7 Å². The van der Waals surface area contributed by atoms with Gasteiger partial charge in [0.1, 0.15) is 0 Å². The lowest BCUT2D eigenvalue weighted by atomic mass is 9.67. The highest BCUT2D eigenvalue weighted by Crippen LogP contribution is 2.50. The molecule has 0 spiro atoms. The zero-order valence-electron chi connectivity index (χ0n) is 13.1. The molecule has 0 atom stereocenters. The van der Waals surface area contributed by atoms with E-state index in [0.29, 0.717) is 0 Å². The molecule has 2 aromatic heterocycles. The molecule has 0 amide bonds. The molecule has 0 aliphatic heterocycles. The van der Waals surface area contributed by atoms with Crippen LogP contribution in [0.2, 0.25) is 0 Å². The van der Waals surface area contributed by atoms with E-state index in [1.165, 1.54) is 0 Å². The lowest BCUT2D eigenvalue weighted by molar-refractivity contribution is -0.535. The fraction of sp³-hybridized carbons (Fsp3) is 0.500. The normalized spacial score (nSPS) is 27.5. The second kappa shape index (κ2) is 5.85. The predicted molar refractivity (Wildman–Crippen MR) is 90.4 cm³/mol. The number of rotatable bonds is 4. The first-order valence-electron chi connectivity index (χ1n) is 7.26. The van der Waals surface area contributed by atoms with Crippen LogP contribution in [0.1, 0.15) is 21.6 Å². The van der Waals surface area contributed by atoms with Gasteiger partial charge in [-0.15, -0.1) is 34.9 Å². The highest BCUT2D eigenvalue weighted by Gasteiger charge is 2.40. The van der Waals surface area contributed by atoms with Gasteiger partial charge in [0.15, 0.2) is 0 Å².